The van der Waals surface area contributed by atoms with Crippen LogP contribution in [0.15, 0.2) is 28.9 Å². The molecule has 5 heteroatoms. The van der Waals surface area contributed by atoms with E-state index >= 15 is 0 Å². The Labute approximate surface area is 117 Å². The van der Waals surface area contributed by atoms with E-state index in [0.717, 1.165) is 17.4 Å². The molecular formula is C15H18N2O3. The predicted octanol–water partition coefficient (Wildman–Crippen LogP) is 1.99. The maximum atomic E-state index is 12.2. The molecule has 0 bridgehead atoms. The smallest absolute Gasteiger partial charge is 0.255 e. The van der Waals surface area contributed by atoms with Gasteiger partial charge in [-0.2, -0.15) is 0 Å². The number of furan rings is 1. The molecule has 5 nitrogen and oxygen atoms in total. The van der Waals surface area contributed by atoms with Crippen molar-refractivity contribution < 1.29 is 14.0 Å². The molecule has 106 valence electrons. The lowest BCUT2D eigenvalue weighted by atomic mass is 10.1. The monoisotopic (exact) mass is 274 g/mol. The van der Waals surface area contributed by atoms with Crippen LogP contribution in [-0.4, -0.2) is 17.9 Å². The third-order valence-corrected chi connectivity index (χ3v) is 3.18. The summed E-state index contributed by atoms with van der Waals surface area (Å²) in [5, 5.41) is 3.53. The van der Waals surface area contributed by atoms with Crippen LogP contribution in [0.25, 0.3) is 11.0 Å². The zero-order chi connectivity index (χ0) is 14.7. The molecule has 2 aromatic rings. The van der Waals surface area contributed by atoms with Gasteiger partial charge in [0.15, 0.2) is 0 Å². The van der Waals surface area contributed by atoms with E-state index < -0.39 is 5.91 Å². The Kier molecular flexibility index (Phi) is 4.08. The highest BCUT2D eigenvalue weighted by Gasteiger charge is 2.16. The lowest BCUT2D eigenvalue weighted by molar-refractivity contribution is -0.118. The Morgan fingerprint density at radius 3 is 2.80 bits per heavy atom. The molecule has 0 aliphatic rings. The molecule has 1 aromatic carbocycles. The molecule has 3 N–H and O–H groups in total. The van der Waals surface area contributed by atoms with Gasteiger partial charge in [0.05, 0.1) is 5.56 Å². The van der Waals surface area contributed by atoms with E-state index in [1.54, 1.807) is 6.92 Å². The second-order valence-electron chi connectivity index (χ2n) is 4.88. The van der Waals surface area contributed by atoms with E-state index in [-0.39, 0.29) is 18.4 Å². The van der Waals surface area contributed by atoms with Crippen LogP contribution in [0.4, 0.5) is 0 Å². The molecule has 2 rings (SSSR count). The first-order valence-electron chi connectivity index (χ1n) is 6.60. The number of nitrogens with two attached hydrogens (primary N) is 1. The van der Waals surface area contributed by atoms with Crippen molar-refractivity contribution in [3.8, 4) is 0 Å². The number of amides is 2. The van der Waals surface area contributed by atoms with Crippen LogP contribution in [0, 0.1) is 0 Å². The molecule has 0 radical (unpaired) electrons. The number of fused-ring (bicyclic) bond motifs is 1. The summed E-state index contributed by atoms with van der Waals surface area (Å²) in [6.45, 7) is 3.79. The molecule has 0 aliphatic carbocycles. The van der Waals surface area contributed by atoms with E-state index in [0.29, 0.717) is 11.1 Å². The number of carbonyl (C=O) groups is 2. The SMILES string of the molecule is CCc1ccc2occ(C(=O)N[C@@H](C)CC(N)=O)c2c1. The molecule has 1 aromatic heterocycles. The van der Waals surface area contributed by atoms with Crippen molar-refractivity contribution >= 4 is 22.8 Å². The lowest BCUT2D eigenvalue weighted by Gasteiger charge is -2.11. The van der Waals surface area contributed by atoms with Gasteiger partial charge in [-0.25, -0.2) is 0 Å². The summed E-state index contributed by atoms with van der Waals surface area (Å²) >= 11 is 0. The summed E-state index contributed by atoms with van der Waals surface area (Å²) in [6.07, 6.45) is 2.44. The van der Waals surface area contributed by atoms with Gasteiger partial charge in [0, 0.05) is 17.8 Å². The van der Waals surface area contributed by atoms with Crippen molar-refractivity contribution in [2.45, 2.75) is 32.7 Å². The Bertz CT molecular complexity index is 646. The number of hydrogen-bond donors (Lipinski definition) is 2. The zero-order valence-electron chi connectivity index (χ0n) is 11.6. The van der Waals surface area contributed by atoms with E-state index in [9.17, 15) is 9.59 Å². The summed E-state index contributed by atoms with van der Waals surface area (Å²) in [6, 6.07) is 5.48. The average molecular weight is 274 g/mol. The minimum Gasteiger partial charge on any atom is -0.463 e. The minimum absolute atomic E-state index is 0.113. The summed E-state index contributed by atoms with van der Waals surface area (Å²) in [5.41, 5.74) is 7.40. The second kappa shape index (κ2) is 5.77. The van der Waals surface area contributed by atoms with Gasteiger partial charge in [-0.1, -0.05) is 13.0 Å². The van der Waals surface area contributed by atoms with Gasteiger partial charge in [0.25, 0.3) is 5.91 Å². The normalized spacial score (nSPS) is 12.3. The van der Waals surface area contributed by atoms with E-state index in [2.05, 4.69) is 12.2 Å². The zero-order valence-corrected chi connectivity index (χ0v) is 11.6. The van der Waals surface area contributed by atoms with Crippen LogP contribution in [-0.2, 0) is 11.2 Å². The quantitative estimate of drug-likeness (QED) is 0.874. The first-order valence-corrected chi connectivity index (χ1v) is 6.60. The summed E-state index contributed by atoms with van der Waals surface area (Å²) in [4.78, 5) is 23.0. The second-order valence-corrected chi connectivity index (χ2v) is 4.88. The number of carbonyl (C=O) groups excluding carboxylic acids is 2. The van der Waals surface area contributed by atoms with E-state index in [1.165, 1.54) is 6.26 Å². The lowest BCUT2D eigenvalue weighted by Crippen LogP contribution is -2.35. The van der Waals surface area contributed by atoms with Gasteiger partial charge in [-0.3, -0.25) is 9.59 Å². The van der Waals surface area contributed by atoms with E-state index in [1.807, 2.05) is 18.2 Å². The number of hydrogen-bond acceptors (Lipinski definition) is 3. The molecule has 0 saturated heterocycles. The topological polar surface area (TPSA) is 85.3 Å². The fourth-order valence-corrected chi connectivity index (χ4v) is 2.13. The van der Waals surface area contributed by atoms with Crippen LogP contribution in [0.5, 0.6) is 0 Å². The van der Waals surface area contributed by atoms with Gasteiger partial charge in [0.1, 0.15) is 11.8 Å². The highest BCUT2D eigenvalue weighted by molar-refractivity contribution is 6.06. The fraction of sp³-hybridized carbons (Fsp3) is 0.333. The van der Waals surface area contributed by atoms with Crippen molar-refractivity contribution in [2.75, 3.05) is 0 Å². The molecule has 0 spiro atoms. The highest BCUT2D eigenvalue weighted by Crippen LogP contribution is 2.23. The highest BCUT2D eigenvalue weighted by atomic mass is 16.3. The van der Waals surface area contributed by atoms with Crippen molar-refractivity contribution in [1.82, 2.24) is 5.32 Å². The maximum absolute atomic E-state index is 12.2. The summed E-state index contributed by atoms with van der Waals surface area (Å²) < 4.78 is 5.38. The van der Waals surface area contributed by atoms with Crippen LogP contribution < -0.4 is 11.1 Å². The molecular weight excluding hydrogens is 256 g/mol. The fourth-order valence-electron chi connectivity index (χ4n) is 2.13. The van der Waals surface area contributed by atoms with Gasteiger partial charge in [0.2, 0.25) is 5.91 Å². The number of rotatable bonds is 5. The maximum Gasteiger partial charge on any atom is 0.255 e. The largest absolute Gasteiger partial charge is 0.463 e. The number of benzene rings is 1. The van der Waals surface area contributed by atoms with Crippen molar-refractivity contribution in [3.05, 3.63) is 35.6 Å². The average Bonchev–Trinajstić information content (AvgIpc) is 2.80. The first-order chi connectivity index (χ1) is 9.51. The predicted molar refractivity (Wildman–Crippen MR) is 76.3 cm³/mol. The molecule has 1 heterocycles. The number of primary amides is 1. The first kappa shape index (κ1) is 14.1. The Balaban J connectivity index is 2.23. The molecule has 1 atom stereocenters. The molecule has 0 aliphatic heterocycles. The molecule has 20 heavy (non-hydrogen) atoms. The van der Waals surface area contributed by atoms with Gasteiger partial charge in [-0.15, -0.1) is 0 Å². The number of aryl methyl sites for hydroxylation is 1. The third kappa shape index (κ3) is 2.99. The van der Waals surface area contributed by atoms with Crippen LogP contribution in [0.2, 0.25) is 0 Å². The van der Waals surface area contributed by atoms with Crippen molar-refractivity contribution in [2.24, 2.45) is 5.73 Å². The third-order valence-electron chi connectivity index (χ3n) is 3.18. The Morgan fingerprint density at radius 1 is 1.40 bits per heavy atom. The van der Waals surface area contributed by atoms with Crippen LogP contribution >= 0.6 is 0 Å². The Morgan fingerprint density at radius 2 is 2.15 bits per heavy atom. The molecule has 0 fully saturated rings. The summed E-state index contributed by atoms with van der Waals surface area (Å²) in [5.74, 6) is -0.700. The number of nitrogens with one attached hydrogen (secondary N) is 1. The summed E-state index contributed by atoms with van der Waals surface area (Å²) in [7, 11) is 0. The van der Waals surface area contributed by atoms with Crippen LogP contribution in [0.1, 0.15) is 36.2 Å². The Hall–Kier alpha value is -2.30. The molecule has 0 unspecified atom stereocenters. The minimum atomic E-state index is -0.442. The van der Waals surface area contributed by atoms with Gasteiger partial charge >= 0.3 is 0 Å². The van der Waals surface area contributed by atoms with Crippen LogP contribution in [0.3, 0.4) is 0 Å². The van der Waals surface area contributed by atoms with Crippen molar-refractivity contribution in [1.29, 1.82) is 0 Å². The molecule has 0 saturated carbocycles. The van der Waals surface area contributed by atoms with Crippen molar-refractivity contribution in [3.63, 3.8) is 0 Å². The van der Waals surface area contributed by atoms with Gasteiger partial charge < -0.3 is 15.5 Å². The molecule has 2 amide bonds. The van der Waals surface area contributed by atoms with Gasteiger partial charge in [-0.05, 0) is 31.0 Å². The standard InChI is InChI=1S/C15H18N2O3/c1-3-10-4-5-13-11(7-10)12(8-20-13)15(19)17-9(2)6-14(16)18/h4-5,7-9H,3,6H2,1-2H3,(H2,16,18)(H,17,19)/t9-/m0/s1. The van der Waals surface area contributed by atoms with E-state index in [4.69, 9.17) is 10.2 Å².